The molecule has 4 heteroatoms. The van der Waals surface area contributed by atoms with Crippen LogP contribution in [0.4, 0.5) is 0 Å². The van der Waals surface area contributed by atoms with E-state index in [1.807, 2.05) is 0 Å². The maximum atomic E-state index is 12.8. The minimum Gasteiger partial charge on any atom is -0.467 e. The fourth-order valence-corrected chi connectivity index (χ4v) is 3.56. The highest BCUT2D eigenvalue weighted by molar-refractivity contribution is 5.86. The Hall–Kier alpha value is -1.06. The van der Waals surface area contributed by atoms with Crippen LogP contribution in [0.25, 0.3) is 0 Å². The Morgan fingerprint density at radius 2 is 1.89 bits per heavy atom. The lowest BCUT2D eigenvalue weighted by atomic mass is 9.80. The van der Waals surface area contributed by atoms with Gasteiger partial charge >= 0.3 is 5.97 Å². The summed E-state index contributed by atoms with van der Waals surface area (Å²) in [5, 5.41) is 0. The number of piperidine rings is 1. The van der Waals surface area contributed by atoms with E-state index in [4.69, 9.17) is 4.74 Å². The number of esters is 1. The molecular formula is C15H25NO3. The Balaban J connectivity index is 2.13. The third-order valence-electron chi connectivity index (χ3n) is 4.81. The predicted octanol–water partition coefficient (Wildman–Crippen LogP) is 2.37. The summed E-state index contributed by atoms with van der Waals surface area (Å²) in [7, 11) is 1.40. The zero-order valence-electron chi connectivity index (χ0n) is 12.3. The van der Waals surface area contributed by atoms with E-state index >= 15 is 0 Å². The van der Waals surface area contributed by atoms with Crippen LogP contribution in [0.3, 0.4) is 0 Å². The number of ether oxygens (including phenoxy) is 1. The van der Waals surface area contributed by atoms with Crippen molar-refractivity contribution in [2.75, 3.05) is 13.7 Å². The Labute approximate surface area is 115 Å². The maximum Gasteiger partial charge on any atom is 0.328 e. The molecule has 2 aliphatic rings. The van der Waals surface area contributed by atoms with Crippen molar-refractivity contribution in [1.29, 1.82) is 0 Å². The van der Waals surface area contributed by atoms with E-state index in [2.05, 4.69) is 13.8 Å². The zero-order valence-corrected chi connectivity index (χ0v) is 12.3. The molecule has 1 heterocycles. The largest absolute Gasteiger partial charge is 0.467 e. The molecule has 1 saturated heterocycles. The second-order valence-electron chi connectivity index (χ2n) is 6.50. The van der Waals surface area contributed by atoms with Gasteiger partial charge in [-0.3, -0.25) is 4.79 Å². The van der Waals surface area contributed by atoms with E-state index in [-0.39, 0.29) is 29.3 Å². The first-order valence-corrected chi connectivity index (χ1v) is 7.35. The second-order valence-corrected chi connectivity index (χ2v) is 6.50. The highest BCUT2D eigenvalue weighted by Crippen LogP contribution is 2.44. The maximum absolute atomic E-state index is 12.8. The van der Waals surface area contributed by atoms with Gasteiger partial charge in [-0.05, 0) is 37.5 Å². The SMILES string of the molecule is COC(=O)[C@H]1CCCCN1C(=O)C1CCCC1(C)C. The van der Waals surface area contributed by atoms with Crippen molar-refractivity contribution in [1.82, 2.24) is 4.90 Å². The number of carbonyl (C=O) groups is 2. The third-order valence-corrected chi connectivity index (χ3v) is 4.81. The fraction of sp³-hybridized carbons (Fsp3) is 0.867. The molecule has 1 saturated carbocycles. The second kappa shape index (κ2) is 5.51. The quantitative estimate of drug-likeness (QED) is 0.722. The molecule has 0 radical (unpaired) electrons. The van der Waals surface area contributed by atoms with Crippen molar-refractivity contribution in [3.63, 3.8) is 0 Å². The molecule has 0 aromatic rings. The molecule has 0 aromatic carbocycles. The molecule has 0 bridgehead atoms. The van der Waals surface area contributed by atoms with Crippen LogP contribution >= 0.6 is 0 Å². The predicted molar refractivity (Wildman–Crippen MR) is 72.5 cm³/mol. The smallest absolute Gasteiger partial charge is 0.328 e. The number of likely N-dealkylation sites (tertiary alicyclic amines) is 1. The van der Waals surface area contributed by atoms with Gasteiger partial charge in [0, 0.05) is 12.5 Å². The van der Waals surface area contributed by atoms with Crippen LogP contribution in [-0.4, -0.2) is 36.5 Å². The minimum absolute atomic E-state index is 0.0647. The van der Waals surface area contributed by atoms with Gasteiger partial charge in [0.05, 0.1) is 7.11 Å². The molecule has 1 aliphatic heterocycles. The molecule has 0 spiro atoms. The molecule has 1 amide bonds. The number of hydrogen-bond acceptors (Lipinski definition) is 3. The van der Waals surface area contributed by atoms with Gasteiger partial charge in [-0.1, -0.05) is 20.3 Å². The first-order valence-electron chi connectivity index (χ1n) is 7.35. The van der Waals surface area contributed by atoms with Gasteiger partial charge in [-0.15, -0.1) is 0 Å². The average Bonchev–Trinajstić information content (AvgIpc) is 2.76. The van der Waals surface area contributed by atoms with E-state index in [9.17, 15) is 9.59 Å². The molecule has 1 aliphatic carbocycles. The minimum atomic E-state index is -0.359. The summed E-state index contributed by atoms with van der Waals surface area (Å²) in [6.45, 7) is 5.03. The number of hydrogen-bond donors (Lipinski definition) is 0. The standard InChI is InChI=1S/C15H25NO3/c1-15(2)9-6-7-11(15)13(17)16-10-5-4-8-12(16)14(18)19-3/h11-12H,4-10H2,1-3H3/t11?,12-/m1/s1. The van der Waals surface area contributed by atoms with Gasteiger partial charge in [0.1, 0.15) is 6.04 Å². The molecule has 2 rings (SSSR count). The molecule has 1 unspecified atom stereocenters. The fourth-order valence-electron chi connectivity index (χ4n) is 3.56. The van der Waals surface area contributed by atoms with Crippen molar-refractivity contribution < 1.29 is 14.3 Å². The number of rotatable bonds is 2. The van der Waals surface area contributed by atoms with Crippen molar-refractivity contribution in [2.45, 2.75) is 58.4 Å². The monoisotopic (exact) mass is 267 g/mol. The molecule has 19 heavy (non-hydrogen) atoms. The average molecular weight is 267 g/mol. The number of carbonyl (C=O) groups excluding carboxylic acids is 2. The van der Waals surface area contributed by atoms with Crippen molar-refractivity contribution in [3.8, 4) is 0 Å². The number of nitrogens with zero attached hydrogens (tertiary/aromatic N) is 1. The summed E-state index contributed by atoms with van der Waals surface area (Å²) in [5.41, 5.74) is 0.0647. The van der Waals surface area contributed by atoms with Crippen LogP contribution in [0.5, 0.6) is 0 Å². The first kappa shape index (κ1) is 14.4. The van der Waals surface area contributed by atoms with Crippen LogP contribution in [0.1, 0.15) is 52.4 Å². The molecule has 2 fully saturated rings. The molecule has 108 valence electrons. The number of amides is 1. The summed E-state index contributed by atoms with van der Waals surface area (Å²) in [6, 6.07) is -0.359. The van der Waals surface area contributed by atoms with Crippen molar-refractivity contribution >= 4 is 11.9 Å². The summed E-state index contributed by atoms with van der Waals surface area (Å²) >= 11 is 0. The Bertz CT molecular complexity index is 364. The van der Waals surface area contributed by atoms with Gasteiger partial charge in [0.25, 0.3) is 0 Å². The van der Waals surface area contributed by atoms with Crippen LogP contribution in [0, 0.1) is 11.3 Å². The van der Waals surface area contributed by atoms with E-state index in [0.717, 1.165) is 38.5 Å². The van der Waals surface area contributed by atoms with Crippen molar-refractivity contribution in [2.24, 2.45) is 11.3 Å². The molecule has 4 nitrogen and oxygen atoms in total. The number of methoxy groups -OCH3 is 1. The van der Waals surface area contributed by atoms with E-state index in [0.29, 0.717) is 6.54 Å². The summed E-state index contributed by atoms with van der Waals surface area (Å²) in [6.07, 6.45) is 5.89. The van der Waals surface area contributed by atoms with Gasteiger partial charge in [-0.2, -0.15) is 0 Å². The van der Waals surface area contributed by atoms with Gasteiger partial charge < -0.3 is 9.64 Å². The molecular weight excluding hydrogens is 242 g/mol. The lowest BCUT2D eigenvalue weighted by Gasteiger charge is -2.38. The lowest BCUT2D eigenvalue weighted by Crippen LogP contribution is -2.51. The highest BCUT2D eigenvalue weighted by Gasteiger charge is 2.44. The van der Waals surface area contributed by atoms with Gasteiger partial charge in [0.15, 0.2) is 0 Å². The van der Waals surface area contributed by atoms with E-state index in [1.54, 1.807) is 4.90 Å². The highest BCUT2D eigenvalue weighted by atomic mass is 16.5. The first-order chi connectivity index (χ1) is 8.97. The summed E-state index contributed by atoms with van der Waals surface area (Å²) < 4.78 is 4.85. The Morgan fingerprint density at radius 1 is 1.16 bits per heavy atom. The Morgan fingerprint density at radius 3 is 2.47 bits per heavy atom. The van der Waals surface area contributed by atoms with E-state index < -0.39 is 0 Å². The van der Waals surface area contributed by atoms with Gasteiger partial charge in [-0.25, -0.2) is 4.79 Å². The molecule has 0 aromatic heterocycles. The summed E-state index contributed by atoms with van der Waals surface area (Å²) in [5.74, 6) is -0.0285. The van der Waals surface area contributed by atoms with E-state index in [1.165, 1.54) is 7.11 Å². The van der Waals surface area contributed by atoms with Crippen LogP contribution in [-0.2, 0) is 14.3 Å². The Kier molecular flexibility index (Phi) is 4.16. The third kappa shape index (κ3) is 2.77. The lowest BCUT2D eigenvalue weighted by molar-refractivity contribution is -0.157. The topological polar surface area (TPSA) is 46.6 Å². The molecule has 2 atom stereocenters. The summed E-state index contributed by atoms with van der Waals surface area (Å²) in [4.78, 5) is 26.4. The van der Waals surface area contributed by atoms with Crippen LogP contribution in [0.15, 0.2) is 0 Å². The zero-order chi connectivity index (χ0) is 14.0. The van der Waals surface area contributed by atoms with Crippen molar-refractivity contribution in [3.05, 3.63) is 0 Å². The van der Waals surface area contributed by atoms with Crippen LogP contribution in [0.2, 0.25) is 0 Å². The molecule has 0 N–H and O–H groups in total. The van der Waals surface area contributed by atoms with Crippen LogP contribution < -0.4 is 0 Å². The van der Waals surface area contributed by atoms with Gasteiger partial charge in [0.2, 0.25) is 5.91 Å². The normalized spacial score (nSPS) is 30.2.